The average molecular weight is 234 g/mol. The Morgan fingerprint density at radius 1 is 1.14 bits per heavy atom. The van der Waals surface area contributed by atoms with Gasteiger partial charge in [-0.05, 0) is 12.1 Å². The van der Waals surface area contributed by atoms with Crippen LogP contribution in [0.4, 0.5) is 5.69 Å². The molecule has 0 bridgehead atoms. The zero-order valence-electron chi connectivity index (χ0n) is 8.10. The quantitative estimate of drug-likeness (QED) is 0.218. The Kier molecular flexibility index (Phi) is 20.5. The van der Waals surface area contributed by atoms with Crippen LogP contribution in [-0.2, 0) is 11.4 Å². The standard InChI is InChI=1S/C6H8N2.2Na.H2O3S/c7-8-6-4-2-1-3-5-6;;;1-4(2)3/h1-5,8H,7H2;;;(H2,1,2,3)/q;2*+1;/p-2. The van der Waals surface area contributed by atoms with Crippen LogP contribution in [0.5, 0.6) is 0 Å². The number of para-hydroxylation sites is 1. The van der Waals surface area contributed by atoms with Crippen LogP contribution in [0.2, 0.25) is 0 Å². The van der Waals surface area contributed by atoms with Crippen LogP contribution in [0.25, 0.3) is 0 Å². The zero-order valence-corrected chi connectivity index (χ0v) is 12.9. The van der Waals surface area contributed by atoms with E-state index in [1.807, 2.05) is 30.3 Å². The fraction of sp³-hybridized carbons (Fsp3) is 0. The summed E-state index contributed by atoms with van der Waals surface area (Å²) in [6.07, 6.45) is 0. The van der Waals surface area contributed by atoms with Gasteiger partial charge in [-0.1, -0.05) is 18.2 Å². The average Bonchev–Trinajstić information content (AvgIpc) is 2.05. The SMILES string of the molecule is NNc1ccccc1.O=S([O-])[O-].[Na+].[Na+]. The third-order valence-corrected chi connectivity index (χ3v) is 0.940. The van der Waals surface area contributed by atoms with Crippen molar-refractivity contribution in [2.24, 2.45) is 5.84 Å². The van der Waals surface area contributed by atoms with E-state index >= 15 is 0 Å². The van der Waals surface area contributed by atoms with E-state index in [9.17, 15) is 0 Å². The van der Waals surface area contributed by atoms with E-state index < -0.39 is 11.4 Å². The van der Waals surface area contributed by atoms with E-state index in [1.165, 1.54) is 0 Å². The van der Waals surface area contributed by atoms with Gasteiger partial charge in [-0.3, -0.25) is 10.1 Å². The molecule has 0 unspecified atom stereocenters. The Morgan fingerprint density at radius 3 is 1.71 bits per heavy atom. The number of nitrogens with two attached hydrogens (primary N) is 1. The molecule has 0 saturated carbocycles. The molecule has 1 aromatic rings. The van der Waals surface area contributed by atoms with Crippen LogP contribution in [0, 0.1) is 0 Å². The van der Waals surface area contributed by atoms with E-state index in [2.05, 4.69) is 5.43 Å². The maximum atomic E-state index is 8.44. The van der Waals surface area contributed by atoms with Gasteiger partial charge >= 0.3 is 59.1 Å². The molecule has 0 spiro atoms. The topological polar surface area (TPSA) is 101 Å². The molecular weight excluding hydrogens is 226 g/mol. The Labute approximate surface area is 130 Å². The van der Waals surface area contributed by atoms with Crippen LogP contribution in [-0.4, -0.2) is 13.3 Å². The van der Waals surface area contributed by atoms with Gasteiger partial charge in [0.15, 0.2) is 0 Å². The van der Waals surface area contributed by atoms with Gasteiger partial charge in [-0.25, -0.2) is 0 Å². The van der Waals surface area contributed by atoms with Crippen LogP contribution in [0.3, 0.4) is 0 Å². The maximum absolute atomic E-state index is 8.44. The van der Waals surface area contributed by atoms with Crippen molar-refractivity contribution in [3.8, 4) is 0 Å². The summed E-state index contributed by atoms with van der Waals surface area (Å²) in [6, 6.07) is 9.60. The molecule has 1 rings (SSSR count). The Balaban J connectivity index is -0.000000180. The predicted octanol–water partition coefficient (Wildman–Crippen LogP) is -6.02. The third kappa shape index (κ3) is 15.5. The van der Waals surface area contributed by atoms with Gasteiger partial charge in [-0.15, -0.1) is 11.4 Å². The van der Waals surface area contributed by atoms with E-state index in [4.69, 9.17) is 19.2 Å². The summed E-state index contributed by atoms with van der Waals surface area (Å²) < 4.78 is 25.3. The summed E-state index contributed by atoms with van der Waals surface area (Å²) in [6.45, 7) is 0. The van der Waals surface area contributed by atoms with Crippen LogP contribution in [0.15, 0.2) is 30.3 Å². The molecule has 68 valence electrons. The van der Waals surface area contributed by atoms with Gasteiger partial charge in [0, 0.05) is 5.69 Å². The van der Waals surface area contributed by atoms with Crippen LogP contribution < -0.4 is 70.4 Å². The molecule has 0 fully saturated rings. The third-order valence-electron chi connectivity index (χ3n) is 0.940. The molecule has 0 saturated heterocycles. The van der Waals surface area contributed by atoms with E-state index in [-0.39, 0.29) is 59.1 Å². The summed E-state index contributed by atoms with van der Waals surface area (Å²) in [4.78, 5) is 0. The number of hydrazine groups is 1. The first-order chi connectivity index (χ1) is 5.66. The number of nitrogens with one attached hydrogen (secondary N) is 1. The van der Waals surface area contributed by atoms with Gasteiger partial charge in [0.2, 0.25) is 0 Å². The molecule has 5 nitrogen and oxygen atoms in total. The Morgan fingerprint density at radius 2 is 1.50 bits per heavy atom. The van der Waals surface area contributed by atoms with Crippen molar-refractivity contribution in [3.05, 3.63) is 30.3 Å². The predicted molar refractivity (Wildman–Crippen MR) is 43.9 cm³/mol. The van der Waals surface area contributed by atoms with Crippen molar-refractivity contribution >= 4 is 17.0 Å². The van der Waals surface area contributed by atoms with Gasteiger partial charge in [-0.2, -0.15) is 0 Å². The molecule has 0 aromatic heterocycles. The van der Waals surface area contributed by atoms with Crippen molar-refractivity contribution in [1.82, 2.24) is 0 Å². The number of benzene rings is 1. The van der Waals surface area contributed by atoms with E-state index in [0.29, 0.717) is 0 Å². The van der Waals surface area contributed by atoms with Crippen molar-refractivity contribution in [1.29, 1.82) is 0 Å². The molecule has 0 radical (unpaired) electrons. The van der Waals surface area contributed by atoms with Crippen molar-refractivity contribution in [2.45, 2.75) is 0 Å². The van der Waals surface area contributed by atoms with E-state index in [1.54, 1.807) is 0 Å². The van der Waals surface area contributed by atoms with Crippen molar-refractivity contribution in [2.75, 3.05) is 5.43 Å². The molecule has 1 aromatic carbocycles. The maximum Gasteiger partial charge on any atom is 1.00 e. The van der Waals surface area contributed by atoms with Gasteiger partial charge in [0.1, 0.15) is 0 Å². The molecule has 0 aliphatic heterocycles. The second-order valence-corrected chi connectivity index (χ2v) is 2.12. The minimum Gasteiger partial charge on any atom is -0.784 e. The fourth-order valence-corrected chi connectivity index (χ4v) is 0.534. The second-order valence-electron chi connectivity index (χ2n) is 1.71. The summed E-state index contributed by atoms with van der Waals surface area (Å²) in [5.41, 5.74) is 3.46. The summed E-state index contributed by atoms with van der Waals surface area (Å²) >= 11 is -3.11. The largest absolute Gasteiger partial charge is 1.00 e. The second kappa shape index (κ2) is 14.1. The summed E-state index contributed by atoms with van der Waals surface area (Å²) in [5, 5.41) is 0. The van der Waals surface area contributed by atoms with Crippen molar-refractivity contribution in [3.63, 3.8) is 0 Å². The molecule has 14 heavy (non-hydrogen) atoms. The Bertz CT molecular complexity index is 234. The molecule has 8 heteroatoms. The molecule has 0 heterocycles. The smallest absolute Gasteiger partial charge is 0.784 e. The zero-order chi connectivity index (χ0) is 9.40. The minimum atomic E-state index is -3.11. The van der Waals surface area contributed by atoms with Gasteiger partial charge < -0.3 is 14.5 Å². The molecule has 0 atom stereocenters. The number of hydrogen-bond acceptors (Lipinski definition) is 5. The first-order valence-corrected chi connectivity index (χ1v) is 3.95. The number of anilines is 1. The molecule has 0 aliphatic rings. The van der Waals surface area contributed by atoms with Crippen LogP contribution in [0.1, 0.15) is 0 Å². The normalized spacial score (nSPS) is 7.43. The van der Waals surface area contributed by atoms with E-state index in [0.717, 1.165) is 5.69 Å². The monoisotopic (exact) mass is 234 g/mol. The Hall–Kier alpha value is 1.05. The molecule has 0 amide bonds. The van der Waals surface area contributed by atoms with Crippen LogP contribution >= 0.6 is 0 Å². The minimum absolute atomic E-state index is 0. The van der Waals surface area contributed by atoms with Gasteiger partial charge in [0.05, 0.1) is 0 Å². The van der Waals surface area contributed by atoms with Crippen molar-refractivity contribution < 1.29 is 72.4 Å². The summed E-state index contributed by atoms with van der Waals surface area (Å²) in [5.74, 6) is 5.10. The van der Waals surface area contributed by atoms with Gasteiger partial charge in [0.25, 0.3) is 0 Å². The first kappa shape index (κ1) is 20.5. The number of nitrogen functional groups attached to an aromatic ring is 1. The molecular formula is C6H8N2Na2O3S. The first-order valence-electron chi connectivity index (χ1n) is 2.95. The number of rotatable bonds is 1. The summed E-state index contributed by atoms with van der Waals surface area (Å²) in [7, 11) is 0. The molecule has 3 N–H and O–H groups in total. The molecule has 0 aliphatic carbocycles. The number of hydrogen-bond donors (Lipinski definition) is 2. The fourth-order valence-electron chi connectivity index (χ4n) is 0.534.